The number of carboxylic acid groups (broad SMARTS) is 1. The fourth-order valence-corrected chi connectivity index (χ4v) is 5.96. The molecule has 1 aromatic heterocycles. The zero-order valence-corrected chi connectivity index (χ0v) is 27.7. The molecule has 250 valence electrons. The zero-order chi connectivity index (χ0) is 34.3. The fraction of sp³-hybridized carbons (Fsp3) is 0.576. The smallest absolute Gasteiger partial charge is 0.418 e. The molecule has 46 heavy (non-hydrogen) atoms. The number of fused-ring (bicyclic) bond motifs is 1. The highest BCUT2D eigenvalue weighted by atomic mass is 16.5. The van der Waals surface area contributed by atoms with E-state index in [2.05, 4.69) is 22.0 Å². The SMILES string of the molecule is CC[C@@H](NC(=O)[C@@H](Cc1cn(C(=O)OC)c2ccc(C#N)cc12)NC(=O)[C@H](CC(C)(C)C)NC(=O)N1[C@H](C)CCC[C@@H]1C)C(=O)O. The second-order valence-electron chi connectivity index (χ2n) is 13.2. The number of hydrogen-bond acceptors (Lipinski definition) is 7. The van der Waals surface area contributed by atoms with Crippen molar-refractivity contribution in [1.29, 1.82) is 5.26 Å². The van der Waals surface area contributed by atoms with Gasteiger partial charge in [-0.05, 0) is 75.1 Å². The van der Waals surface area contributed by atoms with Gasteiger partial charge in [0.05, 0.1) is 24.3 Å². The van der Waals surface area contributed by atoms with E-state index in [4.69, 9.17) is 4.74 Å². The summed E-state index contributed by atoms with van der Waals surface area (Å²) in [7, 11) is 1.22. The minimum Gasteiger partial charge on any atom is -0.480 e. The fourth-order valence-electron chi connectivity index (χ4n) is 5.96. The van der Waals surface area contributed by atoms with E-state index in [9.17, 15) is 34.3 Å². The van der Waals surface area contributed by atoms with Gasteiger partial charge in [0.25, 0.3) is 0 Å². The summed E-state index contributed by atoms with van der Waals surface area (Å²) in [6.07, 6.45) is 3.68. The molecule has 0 unspecified atom stereocenters. The Hall–Kier alpha value is -4.60. The lowest BCUT2D eigenvalue weighted by Gasteiger charge is -2.40. The summed E-state index contributed by atoms with van der Waals surface area (Å²) in [6, 6.07) is 2.85. The van der Waals surface area contributed by atoms with Gasteiger partial charge in [0.15, 0.2) is 0 Å². The number of nitriles is 1. The van der Waals surface area contributed by atoms with Crippen LogP contribution in [0.3, 0.4) is 0 Å². The summed E-state index contributed by atoms with van der Waals surface area (Å²) in [4.78, 5) is 67.2. The molecule has 0 spiro atoms. The van der Waals surface area contributed by atoms with Crippen LogP contribution in [0, 0.1) is 16.7 Å². The lowest BCUT2D eigenvalue weighted by atomic mass is 9.87. The second-order valence-corrected chi connectivity index (χ2v) is 13.2. The predicted molar refractivity (Wildman–Crippen MR) is 171 cm³/mol. The molecule has 13 nitrogen and oxygen atoms in total. The third-order valence-corrected chi connectivity index (χ3v) is 8.33. The van der Waals surface area contributed by atoms with E-state index >= 15 is 0 Å². The topological polar surface area (TPSA) is 183 Å². The number of carbonyl (C=O) groups excluding carboxylic acids is 4. The highest BCUT2D eigenvalue weighted by molar-refractivity contribution is 5.96. The van der Waals surface area contributed by atoms with Crippen LogP contribution in [-0.4, -0.2) is 81.8 Å². The first-order valence-corrected chi connectivity index (χ1v) is 15.6. The third kappa shape index (κ3) is 8.77. The zero-order valence-electron chi connectivity index (χ0n) is 27.7. The van der Waals surface area contributed by atoms with E-state index in [1.54, 1.807) is 30.0 Å². The largest absolute Gasteiger partial charge is 0.480 e. The van der Waals surface area contributed by atoms with E-state index in [0.717, 1.165) is 19.3 Å². The Kier molecular flexibility index (Phi) is 11.8. The quantitative estimate of drug-likeness (QED) is 0.302. The molecule has 2 aromatic rings. The number of hydrogen-bond donors (Lipinski definition) is 4. The number of amides is 4. The van der Waals surface area contributed by atoms with Crippen LogP contribution in [0.25, 0.3) is 10.9 Å². The molecule has 0 radical (unpaired) electrons. The summed E-state index contributed by atoms with van der Waals surface area (Å²) >= 11 is 0. The number of benzene rings is 1. The Morgan fingerprint density at radius 2 is 1.63 bits per heavy atom. The summed E-state index contributed by atoms with van der Waals surface area (Å²) < 4.78 is 6.14. The molecule has 1 saturated heterocycles. The lowest BCUT2D eigenvalue weighted by Crippen LogP contribution is -2.60. The van der Waals surface area contributed by atoms with Crippen LogP contribution in [0.2, 0.25) is 0 Å². The number of piperidine rings is 1. The van der Waals surface area contributed by atoms with Crippen molar-refractivity contribution in [2.75, 3.05) is 7.11 Å². The van der Waals surface area contributed by atoms with Crippen LogP contribution >= 0.6 is 0 Å². The van der Waals surface area contributed by atoms with Gasteiger partial charge in [0, 0.05) is 30.1 Å². The van der Waals surface area contributed by atoms with E-state index in [1.165, 1.54) is 17.9 Å². The van der Waals surface area contributed by atoms with Crippen molar-refractivity contribution in [2.45, 2.75) is 110 Å². The highest BCUT2D eigenvalue weighted by Gasteiger charge is 2.35. The van der Waals surface area contributed by atoms with Gasteiger partial charge in [0.2, 0.25) is 11.8 Å². The van der Waals surface area contributed by atoms with Crippen LogP contribution in [0.15, 0.2) is 24.4 Å². The number of likely N-dealkylation sites (tertiary alicyclic amines) is 1. The average molecular weight is 639 g/mol. The number of carboxylic acids is 1. The van der Waals surface area contributed by atoms with E-state index in [1.807, 2.05) is 34.6 Å². The number of methoxy groups -OCH3 is 1. The Balaban J connectivity index is 2.01. The molecule has 3 rings (SSSR count). The monoisotopic (exact) mass is 638 g/mol. The molecule has 1 aliphatic rings. The first kappa shape index (κ1) is 35.9. The minimum atomic E-state index is -1.30. The van der Waals surface area contributed by atoms with Crippen molar-refractivity contribution in [2.24, 2.45) is 5.41 Å². The molecule has 4 N–H and O–H groups in total. The van der Waals surface area contributed by atoms with Gasteiger partial charge in [-0.1, -0.05) is 27.7 Å². The molecule has 1 fully saturated rings. The Labute approximate surface area is 269 Å². The summed E-state index contributed by atoms with van der Waals surface area (Å²) in [5.41, 5.74) is 0.789. The molecule has 0 aliphatic carbocycles. The molecule has 5 atom stereocenters. The van der Waals surface area contributed by atoms with Crippen LogP contribution in [0.4, 0.5) is 9.59 Å². The highest BCUT2D eigenvalue weighted by Crippen LogP contribution is 2.27. The molecular formula is C33H46N6O7. The maximum absolute atomic E-state index is 14.0. The summed E-state index contributed by atoms with van der Waals surface area (Å²) in [6.45, 7) is 11.4. The third-order valence-electron chi connectivity index (χ3n) is 8.33. The van der Waals surface area contributed by atoms with Gasteiger partial charge in [-0.3, -0.25) is 14.2 Å². The minimum absolute atomic E-state index is 0.00643. The molecule has 1 aliphatic heterocycles. The Morgan fingerprint density at radius 3 is 2.17 bits per heavy atom. The Bertz CT molecular complexity index is 1490. The number of nitrogens with zero attached hydrogens (tertiary/aromatic N) is 3. The van der Waals surface area contributed by atoms with E-state index in [0.29, 0.717) is 22.0 Å². The van der Waals surface area contributed by atoms with Crippen LogP contribution in [0.1, 0.15) is 84.8 Å². The summed E-state index contributed by atoms with van der Waals surface area (Å²) in [5.74, 6) is -2.60. The van der Waals surface area contributed by atoms with Gasteiger partial charge >= 0.3 is 18.1 Å². The standard InChI is InChI=1S/C33H46N6O7/c1-8-24(30(42)43)35-28(40)25(15-22-18-38(32(45)46-7)27-13-12-21(17-34)14-23(22)27)36-29(41)26(16-33(4,5)6)37-31(44)39-19(2)10-9-11-20(39)3/h12-14,18-20,24-26H,8-11,15-16H2,1-7H3,(H,35,40)(H,36,41)(H,37,44)(H,42,43)/t19-,20+,24-,25-,26+/m1/s1. The number of rotatable bonds is 10. The Morgan fingerprint density at radius 1 is 1.02 bits per heavy atom. The molecule has 4 amide bonds. The molecule has 0 bridgehead atoms. The maximum Gasteiger partial charge on any atom is 0.418 e. The van der Waals surface area contributed by atoms with Crippen molar-refractivity contribution in [3.63, 3.8) is 0 Å². The van der Waals surface area contributed by atoms with Gasteiger partial charge in [0.1, 0.15) is 18.1 Å². The van der Waals surface area contributed by atoms with Crippen molar-refractivity contribution < 1.29 is 33.8 Å². The van der Waals surface area contributed by atoms with Crippen molar-refractivity contribution in [3.8, 4) is 6.07 Å². The van der Waals surface area contributed by atoms with Crippen molar-refractivity contribution in [3.05, 3.63) is 35.5 Å². The second kappa shape index (κ2) is 15.1. The molecule has 1 aromatic carbocycles. The van der Waals surface area contributed by atoms with Crippen LogP contribution in [-0.2, 0) is 25.5 Å². The number of carbonyl (C=O) groups is 5. The number of ether oxygens (including phenoxy) is 1. The summed E-state index contributed by atoms with van der Waals surface area (Å²) in [5, 5.41) is 27.8. The molecule has 0 saturated carbocycles. The van der Waals surface area contributed by atoms with Crippen LogP contribution < -0.4 is 16.0 Å². The molecule has 2 heterocycles. The lowest BCUT2D eigenvalue weighted by molar-refractivity contribution is -0.142. The molecule has 13 heteroatoms. The van der Waals surface area contributed by atoms with Gasteiger partial charge < -0.3 is 30.7 Å². The van der Waals surface area contributed by atoms with E-state index < -0.39 is 42.0 Å². The normalized spacial score (nSPS) is 18.5. The number of aromatic nitrogens is 1. The predicted octanol–water partition coefficient (Wildman–Crippen LogP) is 3.91. The average Bonchev–Trinajstić information content (AvgIpc) is 3.34. The van der Waals surface area contributed by atoms with Crippen molar-refractivity contribution in [1.82, 2.24) is 25.4 Å². The van der Waals surface area contributed by atoms with E-state index in [-0.39, 0.29) is 42.8 Å². The van der Waals surface area contributed by atoms with Gasteiger partial charge in [-0.15, -0.1) is 0 Å². The van der Waals surface area contributed by atoms with Crippen LogP contribution in [0.5, 0.6) is 0 Å². The molecular weight excluding hydrogens is 592 g/mol. The van der Waals surface area contributed by atoms with Crippen molar-refractivity contribution >= 4 is 40.8 Å². The number of urea groups is 1. The van der Waals surface area contributed by atoms with Gasteiger partial charge in [-0.25, -0.2) is 14.4 Å². The first-order chi connectivity index (χ1) is 21.6. The first-order valence-electron chi connectivity index (χ1n) is 15.6. The number of nitrogens with one attached hydrogen (secondary N) is 3. The van der Waals surface area contributed by atoms with Gasteiger partial charge in [-0.2, -0.15) is 5.26 Å². The number of aliphatic carboxylic acids is 1. The maximum atomic E-state index is 14.0.